The maximum absolute atomic E-state index is 8.65. The third kappa shape index (κ3) is 1.63. The van der Waals surface area contributed by atoms with E-state index in [1.165, 1.54) is 18.2 Å². The van der Waals surface area contributed by atoms with Crippen LogP contribution in [-0.4, -0.2) is 28.6 Å². The summed E-state index contributed by atoms with van der Waals surface area (Å²) in [4.78, 5) is 0. The molecule has 0 bridgehead atoms. The maximum atomic E-state index is 8.65. The van der Waals surface area contributed by atoms with Gasteiger partial charge in [0, 0.05) is 0 Å². The van der Waals surface area contributed by atoms with Crippen LogP contribution in [0.15, 0.2) is 23.7 Å². The monoisotopic (exact) mass is 150 g/mol. The van der Waals surface area contributed by atoms with Crippen molar-refractivity contribution in [1.29, 1.82) is 10.8 Å². The van der Waals surface area contributed by atoms with Gasteiger partial charge in [-0.25, -0.2) is 0 Å². The Morgan fingerprint density at radius 1 is 1.09 bits per heavy atom. The molecule has 0 aromatic rings. The fraction of sp³-hybridized carbons (Fsp3) is 0. The Bertz CT molecular complexity index is 268. The topological polar surface area (TPSA) is 88.2 Å². The van der Waals surface area contributed by atoms with Crippen molar-refractivity contribution in [3.8, 4) is 0 Å². The highest BCUT2D eigenvalue weighted by Gasteiger charge is 2.16. The van der Waals surface area contributed by atoms with Crippen molar-refractivity contribution in [3.63, 3.8) is 0 Å². The maximum Gasteiger partial charge on any atom is 0.488 e. The molecule has 0 aromatic carbocycles. The van der Waals surface area contributed by atoms with Gasteiger partial charge in [0.05, 0.1) is 11.4 Å². The molecular weight excluding hydrogens is 143 g/mol. The second kappa shape index (κ2) is 2.81. The summed E-state index contributed by atoms with van der Waals surface area (Å²) in [6, 6.07) is 0. The second-order valence-corrected chi connectivity index (χ2v) is 2.18. The Kier molecular flexibility index (Phi) is 2.02. The van der Waals surface area contributed by atoms with Crippen LogP contribution < -0.4 is 0 Å². The highest BCUT2D eigenvalue weighted by molar-refractivity contribution is 6.57. The Balaban J connectivity index is 2.89. The van der Waals surface area contributed by atoms with E-state index in [1.54, 1.807) is 0 Å². The van der Waals surface area contributed by atoms with Gasteiger partial charge in [0.25, 0.3) is 0 Å². The van der Waals surface area contributed by atoms with Gasteiger partial charge in [-0.05, 0) is 17.6 Å². The van der Waals surface area contributed by atoms with Gasteiger partial charge < -0.3 is 10.0 Å². The average molecular weight is 150 g/mol. The van der Waals surface area contributed by atoms with Crippen molar-refractivity contribution in [2.45, 2.75) is 0 Å². The van der Waals surface area contributed by atoms with E-state index >= 15 is 0 Å². The largest absolute Gasteiger partial charge is 0.488 e. The van der Waals surface area contributed by atoms with E-state index in [9.17, 15) is 0 Å². The summed E-state index contributed by atoms with van der Waals surface area (Å²) in [7, 11) is -1.56. The van der Waals surface area contributed by atoms with Crippen molar-refractivity contribution < 1.29 is 10.0 Å². The van der Waals surface area contributed by atoms with Crippen molar-refractivity contribution >= 4 is 18.5 Å². The molecule has 0 saturated heterocycles. The van der Waals surface area contributed by atoms with Crippen LogP contribution in [0.5, 0.6) is 0 Å². The van der Waals surface area contributed by atoms with Crippen LogP contribution in [0.1, 0.15) is 0 Å². The molecule has 4 N–H and O–H groups in total. The Labute approximate surface area is 64.0 Å². The summed E-state index contributed by atoms with van der Waals surface area (Å²) in [6.07, 6.45) is 4.02. The van der Waals surface area contributed by atoms with E-state index < -0.39 is 7.12 Å². The molecule has 0 atom stereocenters. The minimum Gasteiger partial charge on any atom is -0.423 e. The summed E-state index contributed by atoms with van der Waals surface area (Å²) >= 11 is 0. The molecule has 11 heavy (non-hydrogen) atoms. The first-order chi connectivity index (χ1) is 5.11. The molecule has 0 saturated carbocycles. The molecule has 1 aliphatic rings. The number of hydrogen-bond acceptors (Lipinski definition) is 4. The van der Waals surface area contributed by atoms with Gasteiger partial charge in [-0.15, -0.1) is 0 Å². The zero-order chi connectivity index (χ0) is 8.43. The zero-order valence-electron chi connectivity index (χ0n) is 5.70. The number of allylic oxidation sites excluding steroid dienone is 4. The lowest BCUT2D eigenvalue weighted by atomic mass is 9.76. The smallest absolute Gasteiger partial charge is 0.423 e. The van der Waals surface area contributed by atoms with Gasteiger partial charge in [0.2, 0.25) is 0 Å². The molecule has 1 aliphatic carbocycles. The van der Waals surface area contributed by atoms with Crippen LogP contribution in [0.4, 0.5) is 0 Å². The number of rotatable bonds is 1. The molecule has 1 rings (SSSR count). The molecular formula is C6H7BN2O2. The van der Waals surface area contributed by atoms with Crippen LogP contribution >= 0.6 is 0 Å². The first-order valence-electron chi connectivity index (χ1n) is 3.04. The van der Waals surface area contributed by atoms with E-state index in [2.05, 4.69) is 0 Å². The number of hydrogen-bond donors (Lipinski definition) is 4. The Morgan fingerprint density at radius 2 is 1.73 bits per heavy atom. The SMILES string of the molecule is N=C1C=CC(B(O)O)=CC1=N. The molecule has 0 spiro atoms. The third-order valence-electron chi connectivity index (χ3n) is 1.34. The van der Waals surface area contributed by atoms with Crippen molar-refractivity contribution in [2.75, 3.05) is 0 Å². The van der Waals surface area contributed by atoms with Crippen molar-refractivity contribution in [2.24, 2.45) is 0 Å². The standard InChI is InChI=1S/C6H7BN2O2/c8-5-2-1-4(7(10)11)3-6(5)9/h1-3,8-11H. The summed E-state index contributed by atoms with van der Waals surface area (Å²) in [5, 5.41) is 31.6. The molecule has 0 radical (unpaired) electrons. The fourth-order valence-corrected chi connectivity index (χ4v) is 0.722. The number of nitrogens with one attached hydrogen (secondary N) is 2. The summed E-state index contributed by atoms with van der Waals surface area (Å²) in [6.45, 7) is 0. The van der Waals surface area contributed by atoms with Crippen molar-refractivity contribution in [1.82, 2.24) is 0 Å². The summed E-state index contributed by atoms with van der Waals surface area (Å²) < 4.78 is 0. The summed E-state index contributed by atoms with van der Waals surface area (Å²) in [5.74, 6) is 0. The van der Waals surface area contributed by atoms with E-state index in [4.69, 9.17) is 20.9 Å². The quantitative estimate of drug-likeness (QED) is 0.300. The molecule has 0 aliphatic heterocycles. The van der Waals surface area contributed by atoms with Gasteiger partial charge in [0.1, 0.15) is 0 Å². The minimum atomic E-state index is -1.56. The van der Waals surface area contributed by atoms with E-state index in [1.807, 2.05) is 0 Å². The average Bonchev–Trinajstić information content (AvgIpc) is 1.94. The van der Waals surface area contributed by atoms with Gasteiger partial charge in [-0.1, -0.05) is 6.08 Å². The zero-order valence-corrected chi connectivity index (χ0v) is 5.70. The molecule has 56 valence electrons. The predicted molar refractivity (Wildman–Crippen MR) is 42.9 cm³/mol. The lowest BCUT2D eigenvalue weighted by Gasteiger charge is -2.06. The lowest BCUT2D eigenvalue weighted by Crippen LogP contribution is -2.20. The lowest BCUT2D eigenvalue weighted by molar-refractivity contribution is 0.421. The van der Waals surface area contributed by atoms with E-state index in [0.717, 1.165) is 0 Å². The second-order valence-electron chi connectivity index (χ2n) is 2.18. The van der Waals surface area contributed by atoms with Crippen molar-refractivity contribution in [3.05, 3.63) is 23.7 Å². The van der Waals surface area contributed by atoms with Gasteiger partial charge in [0.15, 0.2) is 0 Å². The van der Waals surface area contributed by atoms with Gasteiger partial charge in [-0.3, -0.25) is 10.8 Å². The van der Waals surface area contributed by atoms with Crippen LogP contribution in [0, 0.1) is 10.8 Å². The molecule has 0 aromatic heterocycles. The van der Waals surface area contributed by atoms with Gasteiger partial charge >= 0.3 is 7.12 Å². The first-order valence-corrected chi connectivity index (χ1v) is 3.04. The normalized spacial score (nSPS) is 16.7. The van der Waals surface area contributed by atoms with E-state index in [-0.39, 0.29) is 16.9 Å². The predicted octanol–water partition coefficient (Wildman–Crippen LogP) is -0.466. The van der Waals surface area contributed by atoms with Crippen LogP contribution in [0.3, 0.4) is 0 Å². The Morgan fingerprint density at radius 3 is 2.18 bits per heavy atom. The van der Waals surface area contributed by atoms with Crippen LogP contribution in [0.2, 0.25) is 0 Å². The molecule has 4 nitrogen and oxygen atoms in total. The van der Waals surface area contributed by atoms with E-state index in [0.29, 0.717) is 0 Å². The highest BCUT2D eigenvalue weighted by atomic mass is 16.4. The molecule has 0 heterocycles. The fourth-order valence-electron chi connectivity index (χ4n) is 0.722. The molecule has 0 amide bonds. The molecule has 5 heteroatoms. The minimum absolute atomic E-state index is 0.00407. The first kappa shape index (κ1) is 7.91. The van der Waals surface area contributed by atoms with Gasteiger partial charge in [-0.2, -0.15) is 0 Å². The summed E-state index contributed by atoms with van der Waals surface area (Å²) in [5.41, 5.74) is 0.316. The molecule has 0 fully saturated rings. The molecule has 0 unspecified atom stereocenters. The van der Waals surface area contributed by atoms with Crippen LogP contribution in [-0.2, 0) is 0 Å². The highest BCUT2D eigenvalue weighted by Crippen LogP contribution is 2.05. The third-order valence-corrected chi connectivity index (χ3v) is 1.34. The Hall–Kier alpha value is -1.20. The van der Waals surface area contributed by atoms with Crippen LogP contribution in [0.25, 0.3) is 0 Å².